The van der Waals surface area contributed by atoms with Crippen LogP contribution in [0.5, 0.6) is 5.75 Å². The summed E-state index contributed by atoms with van der Waals surface area (Å²) in [7, 11) is 1.49. The Labute approximate surface area is 110 Å². The van der Waals surface area contributed by atoms with E-state index in [1.165, 1.54) is 13.2 Å². The third-order valence-electron chi connectivity index (χ3n) is 3.00. The van der Waals surface area contributed by atoms with Gasteiger partial charge in [0.2, 0.25) is 5.91 Å². The lowest BCUT2D eigenvalue weighted by Crippen LogP contribution is -2.12. The van der Waals surface area contributed by atoms with E-state index >= 15 is 0 Å². The number of ether oxygens (including phenoxy) is 1. The number of hydrogen-bond acceptors (Lipinski definition) is 5. The molecule has 2 aromatic rings. The lowest BCUT2D eigenvalue weighted by atomic mass is 10.0. The van der Waals surface area contributed by atoms with Gasteiger partial charge >= 0.3 is 0 Å². The van der Waals surface area contributed by atoms with Crippen molar-refractivity contribution < 1.29 is 14.6 Å². The number of fused-ring (bicyclic) bond motifs is 1. The maximum Gasteiger partial charge on any atom is 0.248 e. The number of aromatic nitrogens is 2. The van der Waals surface area contributed by atoms with E-state index in [0.29, 0.717) is 28.9 Å². The van der Waals surface area contributed by atoms with Crippen LogP contribution in [0.15, 0.2) is 12.1 Å². The molecule has 6 heteroatoms. The summed E-state index contributed by atoms with van der Waals surface area (Å²) in [6.45, 7) is 1.80. The van der Waals surface area contributed by atoms with Gasteiger partial charge in [0.15, 0.2) is 0 Å². The molecule has 1 aromatic heterocycles. The minimum absolute atomic E-state index is 0.00918. The van der Waals surface area contributed by atoms with Crippen LogP contribution in [0, 0.1) is 6.92 Å². The number of benzene rings is 1. The zero-order valence-electron chi connectivity index (χ0n) is 10.8. The van der Waals surface area contributed by atoms with Crippen LogP contribution in [0.1, 0.15) is 21.6 Å². The Kier molecular flexibility index (Phi) is 3.62. The Balaban J connectivity index is 2.82. The third kappa shape index (κ3) is 2.34. The molecule has 100 valence electrons. The Morgan fingerprint density at radius 3 is 2.74 bits per heavy atom. The largest absolute Gasteiger partial charge is 0.494 e. The summed E-state index contributed by atoms with van der Waals surface area (Å²) >= 11 is 0. The Morgan fingerprint density at radius 2 is 2.16 bits per heavy atom. The van der Waals surface area contributed by atoms with E-state index in [2.05, 4.69) is 10.2 Å². The first-order valence-corrected chi connectivity index (χ1v) is 5.83. The quantitative estimate of drug-likeness (QED) is 0.838. The topological polar surface area (TPSA) is 98.3 Å². The molecule has 0 radical (unpaired) electrons. The highest BCUT2D eigenvalue weighted by atomic mass is 16.5. The van der Waals surface area contributed by atoms with E-state index < -0.39 is 5.91 Å². The van der Waals surface area contributed by atoms with Gasteiger partial charge < -0.3 is 15.6 Å². The van der Waals surface area contributed by atoms with Gasteiger partial charge in [0, 0.05) is 17.6 Å². The van der Waals surface area contributed by atoms with Crippen molar-refractivity contribution in [1.29, 1.82) is 0 Å². The number of hydrogen-bond donors (Lipinski definition) is 2. The highest BCUT2D eigenvalue weighted by Crippen LogP contribution is 2.28. The summed E-state index contributed by atoms with van der Waals surface area (Å²) in [5.41, 5.74) is 7.77. The lowest BCUT2D eigenvalue weighted by molar-refractivity contribution is 0.1000. The number of aliphatic hydroxyl groups excluding tert-OH is 1. The van der Waals surface area contributed by atoms with E-state index in [9.17, 15) is 4.79 Å². The van der Waals surface area contributed by atoms with Gasteiger partial charge in [-0.15, -0.1) is 5.10 Å². The van der Waals surface area contributed by atoms with E-state index in [0.717, 1.165) is 10.9 Å². The molecule has 0 spiro atoms. The van der Waals surface area contributed by atoms with E-state index in [1.807, 2.05) is 0 Å². The summed E-state index contributed by atoms with van der Waals surface area (Å²) in [4.78, 5) is 11.3. The normalized spacial score (nSPS) is 10.7. The number of primary amides is 1. The highest BCUT2D eigenvalue weighted by molar-refractivity contribution is 5.99. The standard InChI is InChI=1S/C13H15N3O3/c1-7-9(3-4-17)10-5-8(13(14)18)6-11(19-2)12(10)16-15-7/h5-6,17H,3-4H2,1-2H3,(H2,14,18). The van der Waals surface area contributed by atoms with Crippen molar-refractivity contribution in [3.05, 3.63) is 29.0 Å². The van der Waals surface area contributed by atoms with Crippen molar-refractivity contribution in [2.75, 3.05) is 13.7 Å². The number of carbonyl (C=O) groups excluding carboxylic acids is 1. The van der Waals surface area contributed by atoms with Gasteiger partial charge in [0.05, 0.1) is 12.8 Å². The number of aliphatic hydroxyl groups is 1. The second kappa shape index (κ2) is 5.19. The lowest BCUT2D eigenvalue weighted by Gasteiger charge is -2.11. The van der Waals surface area contributed by atoms with Crippen LogP contribution >= 0.6 is 0 Å². The first-order valence-electron chi connectivity index (χ1n) is 5.83. The molecular formula is C13H15N3O3. The molecule has 0 aliphatic rings. The first kappa shape index (κ1) is 13.2. The number of nitrogens with two attached hydrogens (primary N) is 1. The van der Waals surface area contributed by atoms with Gasteiger partial charge in [-0.25, -0.2) is 0 Å². The van der Waals surface area contributed by atoms with Crippen molar-refractivity contribution in [3.8, 4) is 5.75 Å². The van der Waals surface area contributed by atoms with Crippen molar-refractivity contribution in [2.24, 2.45) is 5.73 Å². The van der Waals surface area contributed by atoms with Gasteiger partial charge in [-0.05, 0) is 31.0 Å². The molecule has 0 aliphatic carbocycles. The monoisotopic (exact) mass is 261 g/mol. The summed E-state index contributed by atoms with van der Waals surface area (Å²) in [5, 5.41) is 18.0. The van der Waals surface area contributed by atoms with Crippen LogP contribution in [0.4, 0.5) is 0 Å². The van der Waals surface area contributed by atoms with E-state index in [-0.39, 0.29) is 6.61 Å². The average molecular weight is 261 g/mol. The molecule has 0 atom stereocenters. The average Bonchev–Trinajstić information content (AvgIpc) is 2.40. The van der Waals surface area contributed by atoms with Crippen LogP contribution < -0.4 is 10.5 Å². The molecule has 1 aromatic carbocycles. The number of carbonyl (C=O) groups is 1. The minimum atomic E-state index is -0.537. The van der Waals surface area contributed by atoms with Crippen LogP contribution in [0.2, 0.25) is 0 Å². The van der Waals surface area contributed by atoms with Gasteiger partial charge in [-0.1, -0.05) is 0 Å². The Hall–Kier alpha value is -2.21. The summed E-state index contributed by atoms with van der Waals surface area (Å²) in [6, 6.07) is 3.20. The maximum atomic E-state index is 11.3. The second-order valence-corrected chi connectivity index (χ2v) is 4.18. The molecular weight excluding hydrogens is 246 g/mol. The molecule has 0 bridgehead atoms. The van der Waals surface area contributed by atoms with Crippen LogP contribution in [0.25, 0.3) is 10.9 Å². The summed E-state index contributed by atoms with van der Waals surface area (Å²) in [5.74, 6) is -0.0948. The fourth-order valence-corrected chi connectivity index (χ4v) is 2.05. The number of methoxy groups -OCH3 is 1. The molecule has 3 N–H and O–H groups in total. The number of aryl methyl sites for hydroxylation is 1. The Bertz CT molecular complexity index is 641. The molecule has 0 aliphatic heterocycles. The smallest absolute Gasteiger partial charge is 0.248 e. The van der Waals surface area contributed by atoms with Crippen molar-refractivity contribution in [3.63, 3.8) is 0 Å². The van der Waals surface area contributed by atoms with Crippen molar-refractivity contribution in [1.82, 2.24) is 10.2 Å². The van der Waals surface area contributed by atoms with Gasteiger partial charge in [0.1, 0.15) is 11.3 Å². The number of amides is 1. The van der Waals surface area contributed by atoms with E-state index in [1.54, 1.807) is 13.0 Å². The van der Waals surface area contributed by atoms with Gasteiger partial charge in [0.25, 0.3) is 0 Å². The van der Waals surface area contributed by atoms with Crippen molar-refractivity contribution in [2.45, 2.75) is 13.3 Å². The third-order valence-corrected chi connectivity index (χ3v) is 3.00. The summed E-state index contributed by atoms with van der Waals surface area (Å²) in [6.07, 6.45) is 0.434. The van der Waals surface area contributed by atoms with Crippen LogP contribution in [0.3, 0.4) is 0 Å². The molecule has 0 saturated carbocycles. The molecule has 0 fully saturated rings. The molecule has 2 rings (SSSR count). The van der Waals surface area contributed by atoms with Gasteiger partial charge in [-0.2, -0.15) is 5.10 Å². The predicted molar refractivity (Wildman–Crippen MR) is 70.1 cm³/mol. The second-order valence-electron chi connectivity index (χ2n) is 4.18. The van der Waals surface area contributed by atoms with Crippen molar-refractivity contribution >= 4 is 16.8 Å². The fourth-order valence-electron chi connectivity index (χ4n) is 2.05. The molecule has 0 unspecified atom stereocenters. The van der Waals surface area contributed by atoms with Gasteiger partial charge in [-0.3, -0.25) is 4.79 Å². The highest BCUT2D eigenvalue weighted by Gasteiger charge is 2.14. The minimum Gasteiger partial charge on any atom is -0.494 e. The first-order chi connectivity index (χ1) is 9.08. The molecule has 1 amide bonds. The molecule has 19 heavy (non-hydrogen) atoms. The zero-order valence-corrected chi connectivity index (χ0v) is 10.8. The predicted octanol–water partition coefficient (Wildman–Crippen LogP) is 0.581. The summed E-state index contributed by atoms with van der Waals surface area (Å²) < 4.78 is 5.22. The molecule has 0 saturated heterocycles. The van der Waals surface area contributed by atoms with E-state index in [4.69, 9.17) is 15.6 Å². The fraction of sp³-hybridized carbons (Fsp3) is 0.308. The zero-order chi connectivity index (χ0) is 14.0. The molecule has 6 nitrogen and oxygen atoms in total. The SMILES string of the molecule is COc1cc(C(N)=O)cc2c(CCO)c(C)nnc12. The Morgan fingerprint density at radius 1 is 1.42 bits per heavy atom. The van der Waals surface area contributed by atoms with Crippen LogP contribution in [-0.2, 0) is 6.42 Å². The number of nitrogens with zero attached hydrogens (tertiary/aromatic N) is 2. The van der Waals surface area contributed by atoms with Crippen LogP contribution in [-0.4, -0.2) is 34.9 Å². The maximum absolute atomic E-state index is 11.3. The number of rotatable bonds is 4. The molecule has 1 heterocycles.